The smallest absolute Gasteiger partial charge is 0.0713 e. The van der Waals surface area contributed by atoms with E-state index >= 15 is 0 Å². The van der Waals surface area contributed by atoms with Gasteiger partial charge in [0, 0.05) is 33.5 Å². The molecular formula is C61H42N2. The third-order valence-electron chi connectivity index (χ3n) is 13.0. The van der Waals surface area contributed by atoms with Crippen LogP contribution in [0.25, 0.3) is 60.9 Å². The first-order valence-electron chi connectivity index (χ1n) is 21.8. The summed E-state index contributed by atoms with van der Waals surface area (Å²) in [7, 11) is 0. The minimum atomic E-state index is -0.446. The van der Waals surface area contributed by atoms with Gasteiger partial charge in [-0.15, -0.1) is 0 Å². The van der Waals surface area contributed by atoms with E-state index in [4.69, 9.17) is 0 Å². The number of para-hydroxylation sites is 3. The Morgan fingerprint density at radius 3 is 1.56 bits per heavy atom. The number of aromatic nitrogens is 1. The maximum absolute atomic E-state index is 2.41. The van der Waals surface area contributed by atoms with Crippen LogP contribution in [0.15, 0.2) is 255 Å². The monoisotopic (exact) mass is 802 g/mol. The summed E-state index contributed by atoms with van der Waals surface area (Å²) in [6.45, 7) is 0. The van der Waals surface area contributed by atoms with Crippen LogP contribution in [0, 0.1) is 0 Å². The van der Waals surface area contributed by atoms with Crippen molar-refractivity contribution in [2.75, 3.05) is 4.90 Å². The van der Waals surface area contributed by atoms with Crippen molar-refractivity contribution < 1.29 is 0 Å². The molecule has 0 radical (unpaired) electrons. The van der Waals surface area contributed by atoms with Crippen molar-refractivity contribution in [1.82, 2.24) is 4.57 Å². The Morgan fingerprint density at radius 1 is 0.302 bits per heavy atom. The largest absolute Gasteiger partial charge is 0.310 e. The van der Waals surface area contributed by atoms with Gasteiger partial charge in [-0.3, -0.25) is 0 Å². The quantitative estimate of drug-likeness (QED) is 0.149. The lowest BCUT2D eigenvalue weighted by atomic mass is 9.68. The predicted octanol–water partition coefficient (Wildman–Crippen LogP) is 16.0. The molecule has 1 aromatic heterocycles. The van der Waals surface area contributed by atoms with Crippen LogP contribution in [0.2, 0.25) is 0 Å². The Kier molecular flexibility index (Phi) is 8.76. The lowest BCUT2D eigenvalue weighted by Crippen LogP contribution is -2.28. The number of benzene rings is 10. The summed E-state index contributed by atoms with van der Waals surface area (Å²) >= 11 is 0. The summed E-state index contributed by atoms with van der Waals surface area (Å²) in [6.07, 6.45) is 0. The molecule has 11 aromatic rings. The van der Waals surface area contributed by atoms with E-state index in [0.29, 0.717) is 0 Å². The van der Waals surface area contributed by atoms with Gasteiger partial charge < -0.3 is 9.47 Å². The van der Waals surface area contributed by atoms with E-state index in [1.54, 1.807) is 0 Å². The maximum Gasteiger partial charge on any atom is 0.0713 e. The fourth-order valence-corrected chi connectivity index (χ4v) is 10.3. The van der Waals surface area contributed by atoms with Gasteiger partial charge in [0.05, 0.1) is 16.4 Å². The predicted molar refractivity (Wildman–Crippen MR) is 264 cm³/mol. The average Bonchev–Trinajstić information content (AvgIpc) is 3.85. The van der Waals surface area contributed by atoms with Gasteiger partial charge in [0.15, 0.2) is 0 Å². The van der Waals surface area contributed by atoms with Crippen molar-refractivity contribution in [3.8, 4) is 39.1 Å². The Bertz CT molecular complexity index is 3400. The molecule has 0 saturated heterocycles. The van der Waals surface area contributed by atoms with Gasteiger partial charge in [-0.1, -0.05) is 188 Å². The van der Waals surface area contributed by atoms with Gasteiger partial charge in [0.1, 0.15) is 0 Å². The first kappa shape index (κ1) is 36.6. The Morgan fingerprint density at radius 2 is 0.825 bits per heavy atom. The highest BCUT2D eigenvalue weighted by atomic mass is 15.1. The minimum Gasteiger partial charge on any atom is -0.310 e. The fraction of sp³-hybridized carbons (Fsp3) is 0.0164. The van der Waals surface area contributed by atoms with Crippen molar-refractivity contribution in [2.24, 2.45) is 0 Å². The molecule has 2 nitrogen and oxygen atoms in total. The third-order valence-corrected chi connectivity index (χ3v) is 13.0. The third kappa shape index (κ3) is 5.95. The molecule has 0 unspecified atom stereocenters. The molecule has 0 saturated carbocycles. The topological polar surface area (TPSA) is 8.17 Å². The van der Waals surface area contributed by atoms with Crippen LogP contribution in [-0.4, -0.2) is 4.57 Å². The summed E-state index contributed by atoms with van der Waals surface area (Å²) in [5.74, 6) is 0. The molecule has 10 aromatic carbocycles. The summed E-state index contributed by atoms with van der Waals surface area (Å²) in [6, 6.07) is 93.1. The van der Waals surface area contributed by atoms with Crippen LogP contribution >= 0.6 is 0 Å². The zero-order valence-corrected chi connectivity index (χ0v) is 34.6. The normalized spacial score (nSPS) is 12.6. The van der Waals surface area contributed by atoms with Crippen molar-refractivity contribution in [3.63, 3.8) is 0 Å². The summed E-state index contributed by atoms with van der Waals surface area (Å²) in [5.41, 5.74) is 18.8. The zero-order valence-electron chi connectivity index (χ0n) is 34.6. The second-order valence-corrected chi connectivity index (χ2v) is 16.5. The van der Waals surface area contributed by atoms with Crippen molar-refractivity contribution in [3.05, 3.63) is 277 Å². The van der Waals surface area contributed by atoms with E-state index < -0.39 is 5.41 Å². The van der Waals surface area contributed by atoms with Crippen LogP contribution in [0.1, 0.15) is 22.3 Å². The van der Waals surface area contributed by atoms with Gasteiger partial charge in [-0.25, -0.2) is 0 Å². The number of anilines is 3. The molecule has 0 atom stereocenters. The van der Waals surface area contributed by atoms with E-state index in [2.05, 4.69) is 264 Å². The molecule has 0 spiro atoms. The second kappa shape index (κ2) is 15.1. The molecule has 0 aliphatic heterocycles. The number of hydrogen-bond donors (Lipinski definition) is 0. The first-order valence-corrected chi connectivity index (χ1v) is 21.8. The second-order valence-electron chi connectivity index (χ2n) is 16.5. The van der Waals surface area contributed by atoms with Crippen LogP contribution in [0.3, 0.4) is 0 Å². The molecule has 0 bridgehead atoms. The van der Waals surface area contributed by atoms with E-state index in [0.717, 1.165) is 28.3 Å². The molecule has 1 aliphatic rings. The average molecular weight is 803 g/mol. The number of rotatable bonds is 8. The highest BCUT2D eigenvalue weighted by molar-refractivity contribution is 6.10. The van der Waals surface area contributed by atoms with Gasteiger partial charge in [-0.05, 0) is 122 Å². The number of nitrogens with zero attached hydrogens (tertiary/aromatic N) is 2. The minimum absolute atomic E-state index is 0.446. The number of hydrogen-bond acceptors (Lipinski definition) is 1. The molecule has 1 aliphatic carbocycles. The van der Waals surface area contributed by atoms with Crippen molar-refractivity contribution >= 4 is 38.9 Å². The highest BCUT2D eigenvalue weighted by Gasteiger charge is 2.46. The van der Waals surface area contributed by atoms with Crippen LogP contribution in [0.4, 0.5) is 17.1 Å². The first-order chi connectivity index (χ1) is 31.3. The molecule has 1 heterocycles. The van der Waals surface area contributed by atoms with E-state index in [9.17, 15) is 0 Å². The Hall–Kier alpha value is -8.20. The van der Waals surface area contributed by atoms with Crippen molar-refractivity contribution in [2.45, 2.75) is 5.41 Å². The van der Waals surface area contributed by atoms with Crippen LogP contribution < -0.4 is 4.90 Å². The van der Waals surface area contributed by atoms with Gasteiger partial charge in [0.25, 0.3) is 0 Å². The molecule has 12 rings (SSSR count). The number of fused-ring (bicyclic) bond motifs is 6. The lowest BCUT2D eigenvalue weighted by Gasteiger charge is -2.34. The SMILES string of the molecule is c1ccc(N(c2cccc(-c3cccc(-c4ccc5c6ccccc6n(-c6ccccc6)c5c4)c3)c2)c2ccc3c(c2)-c2ccccc2C3(c2ccccc2)c2ccccc2)cc1. The van der Waals surface area contributed by atoms with E-state index in [-0.39, 0.29) is 0 Å². The molecular weight excluding hydrogens is 761 g/mol. The van der Waals surface area contributed by atoms with Gasteiger partial charge in [0.2, 0.25) is 0 Å². The van der Waals surface area contributed by atoms with Crippen molar-refractivity contribution in [1.29, 1.82) is 0 Å². The van der Waals surface area contributed by atoms with Crippen LogP contribution in [-0.2, 0) is 5.41 Å². The zero-order chi connectivity index (χ0) is 41.7. The van der Waals surface area contributed by atoms with Crippen LogP contribution in [0.5, 0.6) is 0 Å². The highest BCUT2D eigenvalue weighted by Crippen LogP contribution is 2.57. The molecule has 296 valence electrons. The standard InChI is InChI=1S/C61H42N2/c1-5-22-47(23-6-1)61(48-24-7-2-8-25-48)57-33-15-13-31-53(57)56-42-52(36-38-58(56)61)62(49-26-9-3-10-27-49)51-30-18-21-45(40-51)43-19-17-20-44(39-43)46-35-37-55-54-32-14-16-34-59(54)63(60(55)41-46)50-28-11-4-12-29-50/h1-42H. The summed E-state index contributed by atoms with van der Waals surface area (Å²) in [4.78, 5) is 2.40. The van der Waals surface area contributed by atoms with E-state index in [1.165, 1.54) is 71.9 Å². The summed E-state index contributed by atoms with van der Waals surface area (Å²) < 4.78 is 2.39. The molecule has 63 heavy (non-hydrogen) atoms. The Balaban J connectivity index is 0.975. The summed E-state index contributed by atoms with van der Waals surface area (Å²) in [5, 5.41) is 2.51. The van der Waals surface area contributed by atoms with E-state index in [1.807, 2.05) is 0 Å². The molecule has 2 heteroatoms. The Labute approximate surface area is 368 Å². The van der Waals surface area contributed by atoms with Gasteiger partial charge >= 0.3 is 0 Å². The molecule has 0 fully saturated rings. The maximum atomic E-state index is 2.41. The molecule has 0 N–H and O–H groups in total. The fourth-order valence-electron chi connectivity index (χ4n) is 10.3. The molecule has 0 amide bonds. The lowest BCUT2D eigenvalue weighted by molar-refractivity contribution is 0.768. The van der Waals surface area contributed by atoms with Gasteiger partial charge in [-0.2, -0.15) is 0 Å².